The first-order valence-corrected chi connectivity index (χ1v) is 19.4. The Balaban J connectivity index is 1.08. The summed E-state index contributed by atoms with van der Waals surface area (Å²) in [5, 5.41) is 1.67. The average molecular weight is 762 g/mol. The number of thioether (sulfide) groups is 2. The zero-order valence-electron chi connectivity index (χ0n) is 27.9. The molecule has 6 atom stereocenters. The van der Waals surface area contributed by atoms with E-state index < -0.39 is 23.9 Å². The Labute approximate surface area is 309 Å². The molecule has 4 aliphatic rings. The Morgan fingerprint density at radius 2 is 1.66 bits per heavy atom. The van der Waals surface area contributed by atoms with Crippen LogP contribution < -0.4 is 23.7 Å². The number of ether oxygens (including phenoxy) is 7. The van der Waals surface area contributed by atoms with Crippen LogP contribution in [0.15, 0.2) is 42.5 Å². The number of benzene rings is 3. The molecule has 0 aromatic heterocycles. The van der Waals surface area contributed by atoms with Crippen LogP contribution in [0.3, 0.4) is 0 Å². The van der Waals surface area contributed by atoms with Gasteiger partial charge in [-0.05, 0) is 72.0 Å². The molecule has 50 heavy (non-hydrogen) atoms. The molecule has 0 spiro atoms. The molecule has 2 unspecified atom stereocenters. The van der Waals surface area contributed by atoms with Crippen LogP contribution in [-0.2, 0) is 19.1 Å². The van der Waals surface area contributed by atoms with Crippen molar-refractivity contribution in [2.45, 2.75) is 54.0 Å². The standard InChI is InChI=1S/C37H38Cl2O9S2/c1-42-28-13-19(14-29(43-2)35(28)44-3)31-22-15-26-27(47-18-46-26)16-23(22)34(24-17-45-36(41)32(24)31)48-30(40)10-5-4-7-20-11-12-49-37(50-20)21-8-6-9-25(38)33(21)39/h6,8-9,13-16,20,24,31-32,34,37H,4-5,7,10-12,17-18H2,1-3H3/t20?,24-,31+,32-,34-,37?/m0/s1. The molecular formula is C37H38Cl2O9S2. The van der Waals surface area contributed by atoms with Crippen molar-refractivity contribution in [2.24, 2.45) is 11.8 Å². The highest BCUT2D eigenvalue weighted by Crippen LogP contribution is 2.57. The Hall–Kier alpha value is -3.12. The number of hydrogen-bond acceptors (Lipinski definition) is 11. The number of carbonyl (C=O) groups is 2. The summed E-state index contributed by atoms with van der Waals surface area (Å²) in [6, 6.07) is 13.3. The molecule has 0 N–H and O–H groups in total. The number of unbranched alkanes of at least 4 members (excludes halogenated alkanes) is 1. The summed E-state index contributed by atoms with van der Waals surface area (Å²) < 4.78 is 40.6. The lowest BCUT2D eigenvalue weighted by molar-refractivity contribution is -0.154. The second-order valence-corrected chi connectivity index (χ2v) is 16.3. The van der Waals surface area contributed by atoms with Gasteiger partial charge in [0.2, 0.25) is 12.5 Å². The second kappa shape index (κ2) is 15.2. The van der Waals surface area contributed by atoms with Crippen LogP contribution in [-0.4, -0.2) is 57.7 Å². The maximum absolute atomic E-state index is 13.5. The van der Waals surface area contributed by atoms with Gasteiger partial charge in [0.1, 0.15) is 6.10 Å². The summed E-state index contributed by atoms with van der Waals surface area (Å²) in [5.74, 6) is 1.42. The SMILES string of the molecule is COc1cc([C@@H]2c3cc4c(cc3[C@H](OC(=O)CCCCC3CCSC(c5cccc(Cl)c5Cl)S3)[C@H]3COC(=O)[C@H]23)OCO4)cc(OC)c1OC. The zero-order chi connectivity index (χ0) is 34.9. The first-order valence-electron chi connectivity index (χ1n) is 16.6. The molecule has 0 radical (unpaired) electrons. The first-order chi connectivity index (χ1) is 24.3. The van der Waals surface area contributed by atoms with E-state index in [4.69, 9.17) is 56.4 Å². The van der Waals surface area contributed by atoms with Crippen molar-refractivity contribution in [3.8, 4) is 28.7 Å². The molecule has 9 nitrogen and oxygen atoms in total. The summed E-state index contributed by atoms with van der Waals surface area (Å²) in [6.07, 6.45) is 3.26. The minimum atomic E-state index is -0.698. The molecule has 266 valence electrons. The molecule has 2 saturated heterocycles. The van der Waals surface area contributed by atoms with Gasteiger partial charge >= 0.3 is 11.9 Å². The van der Waals surface area contributed by atoms with E-state index in [0.29, 0.717) is 50.5 Å². The molecule has 3 aliphatic heterocycles. The van der Waals surface area contributed by atoms with Gasteiger partial charge in [0.05, 0.1) is 48.5 Å². The molecule has 3 aromatic rings. The van der Waals surface area contributed by atoms with Gasteiger partial charge in [-0.3, -0.25) is 9.59 Å². The van der Waals surface area contributed by atoms with E-state index >= 15 is 0 Å². The second-order valence-electron chi connectivity index (χ2n) is 12.6. The number of rotatable bonds is 11. The van der Waals surface area contributed by atoms with Crippen molar-refractivity contribution in [1.29, 1.82) is 0 Å². The topological polar surface area (TPSA) is 98.8 Å². The zero-order valence-corrected chi connectivity index (χ0v) is 31.1. The van der Waals surface area contributed by atoms with Crippen LogP contribution in [0.25, 0.3) is 0 Å². The molecule has 0 saturated carbocycles. The molecule has 3 heterocycles. The Bertz CT molecular complexity index is 1750. The van der Waals surface area contributed by atoms with E-state index in [2.05, 4.69) is 6.07 Å². The lowest BCUT2D eigenvalue weighted by Crippen LogP contribution is -2.36. The maximum Gasteiger partial charge on any atom is 0.310 e. The van der Waals surface area contributed by atoms with Crippen molar-refractivity contribution >= 4 is 58.7 Å². The van der Waals surface area contributed by atoms with Gasteiger partial charge in [0.15, 0.2) is 23.0 Å². The lowest BCUT2D eigenvalue weighted by Gasteiger charge is -2.38. The Morgan fingerprint density at radius 1 is 0.920 bits per heavy atom. The van der Waals surface area contributed by atoms with E-state index in [9.17, 15) is 9.59 Å². The average Bonchev–Trinajstić information content (AvgIpc) is 3.76. The third kappa shape index (κ3) is 6.78. The third-order valence-corrected chi connectivity index (χ3v) is 13.8. The lowest BCUT2D eigenvalue weighted by atomic mass is 9.66. The van der Waals surface area contributed by atoms with Crippen molar-refractivity contribution in [3.63, 3.8) is 0 Å². The predicted molar refractivity (Wildman–Crippen MR) is 193 cm³/mol. The molecular weight excluding hydrogens is 723 g/mol. The monoisotopic (exact) mass is 760 g/mol. The summed E-state index contributed by atoms with van der Waals surface area (Å²) in [7, 11) is 4.65. The largest absolute Gasteiger partial charge is 0.493 e. The third-order valence-electron chi connectivity index (χ3n) is 9.84. The first kappa shape index (κ1) is 35.3. The Kier molecular flexibility index (Phi) is 10.8. The van der Waals surface area contributed by atoms with Gasteiger partial charge < -0.3 is 33.2 Å². The van der Waals surface area contributed by atoms with Gasteiger partial charge in [0.25, 0.3) is 0 Å². The van der Waals surface area contributed by atoms with E-state index in [-0.39, 0.29) is 36.3 Å². The number of fused-ring (bicyclic) bond motifs is 3. The van der Waals surface area contributed by atoms with E-state index in [1.165, 1.54) is 0 Å². The van der Waals surface area contributed by atoms with Crippen LogP contribution in [0.4, 0.5) is 0 Å². The fourth-order valence-corrected chi connectivity index (χ4v) is 11.5. The van der Waals surface area contributed by atoms with Crippen LogP contribution >= 0.6 is 46.7 Å². The van der Waals surface area contributed by atoms with E-state index in [0.717, 1.165) is 47.3 Å². The van der Waals surface area contributed by atoms with Crippen LogP contribution in [0.5, 0.6) is 28.7 Å². The van der Waals surface area contributed by atoms with Crippen molar-refractivity contribution in [2.75, 3.05) is 40.5 Å². The summed E-state index contributed by atoms with van der Waals surface area (Å²) in [6.45, 7) is 0.211. The van der Waals surface area contributed by atoms with Crippen LogP contribution in [0.1, 0.15) is 71.0 Å². The summed E-state index contributed by atoms with van der Waals surface area (Å²) >= 11 is 16.6. The number of cyclic esters (lactones) is 1. The number of esters is 2. The summed E-state index contributed by atoms with van der Waals surface area (Å²) in [4.78, 5) is 27.0. The normalized spacial score (nSPS) is 24.9. The van der Waals surface area contributed by atoms with Gasteiger partial charge in [-0.2, -0.15) is 0 Å². The number of halogens is 2. The van der Waals surface area contributed by atoms with Crippen molar-refractivity contribution in [1.82, 2.24) is 0 Å². The predicted octanol–water partition coefficient (Wildman–Crippen LogP) is 8.76. The van der Waals surface area contributed by atoms with Crippen molar-refractivity contribution < 1.29 is 42.7 Å². The maximum atomic E-state index is 13.5. The Morgan fingerprint density at radius 3 is 2.38 bits per heavy atom. The molecule has 0 bridgehead atoms. The van der Waals surface area contributed by atoms with Crippen LogP contribution in [0.2, 0.25) is 10.0 Å². The number of hydrogen-bond donors (Lipinski definition) is 0. The molecule has 0 amide bonds. The molecule has 3 aromatic carbocycles. The molecule has 7 rings (SSSR count). The molecule has 13 heteroatoms. The molecule has 2 fully saturated rings. The highest BCUT2D eigenvalue weighted by atomic mass is 35.5. The smallest absolute Gasteiger partial charge is 0.310 e. The van der Waals surface area contributed by atoms with Crippen molar-refractivity contribution in [3.05, 3.63) is 74.8 Å². The fourth-order valence-electron chi connectivity index (χ4n) is 7.45. The quantitative estimate of drug-likeness (QED) is 0.139. The number of methoxy groups -OCH3 is 3. The van der Waals surface area contributed by atoms with Gasteiger partial charge in [-0.1, -0.05) is 41.8 Å². The van der Waals surface area contributed by atoms with E-state index in [1.807, 2.05) is 59.9 Å². The van der Waals surface area contributed by atoms with Gasteiger partial charge in [-0.15, -0.1) is 23.5 Å². The highest BCUT2D eigenvalue weighted by molar-refractivity contribution is 8.17. The van der Waals surface area contributed by atoms with Gasteiger partial charge in [-0.25, -0.2) is 0 Å². The highest BCUT2D eigenvalue weighted by Gasteiger charge is 2.54. The van der Waals surface area contributed by atoms with E-state index in [1.54, 1.807) is 21.3 Å². The summed E-state index contributed by atoms with van der Waals surface area (Å²) in [5.41, 5.74) is 3.40. The minimum Gasteiger partial charge on any atom is -0.493 e. The fraction of sp³-hybridized carbons (Fsp3) is 0.459. The van der Waals surface area contributed by atoms with Gasteiger partial charge in [0, 0.05) is 29.1 Å². The number of carbonyl (C=O) groups excluding carboxylic acids is 2. The molecule has 1 aliphatic carbocycles. The van der Waals surface area contributed by atoms with Crippen LogP contribution in [0, 0.1) is 11.8 Å². The minimum absolute atomic E-state index is 0.0806.